The van der Waals surface area contributed by atoms with Gasteiger partial charge in [0.1, 0.15) is 5.82 Å². The SMILES string of the molecule is CCO[C@H]1CN(C(=O)O)C[C@H]1Nc1nc(CC)c(-c2ccc(OC)nc2OC)nc1CC. The van der Waals surface area contributed by atoms with Crippen LogP contribution in [0.3, 0.4) is 0 Å². The van der Waals surface area contributed by atoms with Gasteiger partial charge in [-0.1, -0.05) is 13.8 Å². The average Bonchev–Trinajstić information content (AvgIpc) is 3.21. The quantitative estimate of drug-likeness (QED) is 0.600. The Hall–Kier alpha value is -3.14. The molecule has 1 aliphatic rings. The third kappa shape index (κ3) is 4.85. The highest BCUT2D eigenvalue weighted by Gasteiger charge is 2.36. The first-order chi connectivity index (χ1) is 15.4. The molecule has 2 atom stereocenters. The van der Waals surface area contributed by atoms with Crippen LogP contribution in [0.15, 0.2) is 12.1 Å². The molecule has 1 saturated heterocycles. The second-order valence-electron chi connectivity index (χ2n) is 7.36. The van der Waals surface area contributed by atoms with Crippen LogP contribution >= 0.6 is 0 Å². The Morgan fingerprint density at radius 2 is 1.84 bits per heavy atom. The molecule has 3 heterocycles. The first-order valence-corrected chi connectivity index (χ1v) is 10.8. The van der Waals surface area contributed by atoms with E-state index in [0.29, 0.717) is 55.8 Å². The van der Waals surface area contributed by atoms with E-state index in [2.05, 4.69) is 10.3 Å². The molecule has 0 aromatic carbocycles. The fraction of sp³-hybridized carbons (Fsp3) is 0.545. The molecule has 0 radical (unpaired) electrons. The molecule has 2 aromatic rings. The molecule has 10 nitrogen and oxygen atoms in total. The normalized spacial score (nSPS) is 18.0. The van der Waals surface area contributed by atoms with Gasteiger partial charge in [-0.3, -0.25) is 0 Å². The number of aryl methyl sites for hydroxylation is 2. The molecule has 10 heteroatoms. The summed E-state index contributed by atoms with van der Waals surface area (Å²) >= 11 is 0. The number of aromatic nitrogens is 3. The molecule has 2 N–H and O–H groups in total. The first kappa shape index (κ1) is 23.5. The zero-order chi connectivity index (χ0) is 23.3. The summed E-state index contributed by atoms with van der Waals surface area (Å²) in [6.07, 6.45) is 0.0897. The predicted octanol–water partition coefficient (Wildman–Crippen LogP) is 2.86. The van der Waals surface area contributed by atoms with Gasteiger partial charge in [-0.2, -0.15) is 4.98 Å². The Bertz CT molecular complexity index is 955. The van der Waals surface area contributed by atoms with E-state index in [1.165, 1.54) is 4.90 Å². The monoisotopic (exact) mass is 445 g/mol. The summed E-state index contributed by atoms with van der Waals surface area (Å²) in [6, 6.07) is 3.42. The second-order valence-corrected chi connectivity index (χ2v) is 7.36. The molecule has 0 saturated carbocycles. The molecule has 1 fully saturated rings. The summed E-state index contributed by atoms with van der Waals surface area (Å²) in [4.78, 5) is 27.0. The molecular formula is C22H31N5O5. The molecule has 174 valence electrons. The van der Waals surface area contributed by atoms with E-state index in [1.54, 1.807) is 20.3 Å². The molecule has 1 aliphatic heterocycles. The zero-order valence-corrected chi connectivity index (χ0v) is 19.2. The fourth-order valence-corrected chi connectivity index (χ4v) is 3.83. The zero-order valence-electron chi connectivity index (χ0n) is 19.2. The van der Waals surface area contributed by atoms with Crippen molar-refractivity contribution in [3.8, 4) is 23.0 Å². The molecule has 0 spiro atoms. The maximum Gasteiger partial charge on any atom is 0.407 e. The smallest absolute Gasteiger partial charge is 0.407 e. The van der Waals surface area contributed by atoms with Crippen LogP contribution < -0.4 is 14.8 Å². The third-order valence-corrected chi connectivity index (χ3v) is 5.44. The second kappa shape index (κ2) is 10.4. The summed E-state index contributed by atoms with van der Waals surface area (Å²) in [5, 5.41) is 12.8. The first-order valence-electron chi connectivity index (χ1n) is 10.8. The maximum atomic E-state index is 11.5. The minimum Gasteiger partial charge on any atom is -0.481 e. The number of amides is 1. The Kier molecular flexibility index (Phi) is 7.68. The number of likely N-dealkylation sites (tertiary alicyclic amines) is 1. The number of carboxylic acid groups (broad SMARTS) is 1. The lowest BCUT2D eigenvalue weighted by molar-refractivity contribution is 0.0629. The number of ether oxygens (including phenoxy) is 3. The Morgan fingerprint density at radius 1 is 1.09 bits per heavy atom. The number of anilines is 1. The highest BCUT2D eigenvalue weighted by Crippen LogP contribution is 2.33. The van der Waals surface area contributed by atoms with Crippen molar-refractivity contribution >= 4 is 11.9 Å². The lowest BCUT2D eigenvalue weighted by Gasteiger charge is -2.22. The molecule has 1 amide bonds. The van der Waals surface area contributed by atoms with Gasteiger partial charge >= 0.3 is 6.09 Å². The fourth-order valence-electron chi connectivity index (χ4n) is 3.83. The van der Waals surface area contributed by atoms with Gasteiger partial charge in [-0.15, -0.1) is 0 Å². The van der Waals surface area contributed by atoms with Gasteiger partial charge in [0, 0.05) is 19.2 Å². The minimum absolute atomic E-state index is 0.210. The number of nitrogens with zero attached hydrogens (tertiary/aromatic N) is 4. The maximum absolute atomic E-state index is 11.5. The van der Waals surface area contributed by atoms with E-state index in [4.69, 9.17) is 24.2 Å². The summed E-state index contributed by atoms with van der Waals surface area (Å²) in [5.74, 6) is 1.52. The van der Waals surface area contributed by atoms with E-state index in [-0.39, 0.29) is 12.1 Å². The van der Waals surface area contributed by atoms with Gasteiger partial charge in [-0.25, -0.2) is 14.8 Å². The van der Waals surface area contributed by atoms with Crippen LogP contribution in [0.5, 0.6) is 11.8 Å². The molecule has 0 aliphatic carbocycles. The number of carbonyl (C=O) groups is 1. The number of hydrogen-bond acceptors (Lipinski definition) is 8. The van der Waals surface area contributed by atoms with E-state index in [1.807, 2.05) is 26.8 Å². The third-order valence-electron chi connectivity index (χ3n) is 5.44. The molecular weight excluding hydrogens is 414 g/mol. The highest BCUT2D eigenvalue weighted by molar-refractivity contribution is 5.69. The predicted molar refractivity (Wildman–Crippen MR) is 120 cm³/mol. The topological polar surface area (TPSA) is 119 Å². The number of methoxy groups -OCH3 is 2. The average molecular weight is 446 g/mol. The van der Waals surface area contributed by atoms with Crippen molar-refractivity contribution in [3.63, 3.8) is 0 Å². The van der Waals surface area contributed by atoms with Crippen LogP contribution in [-0.4, -0.2) is 77.1 Å². The van der Waals surface area contributed by atoms with E-state index in [9.17, 15) is 9.90 Å². The van der Waals surface area contributed by atoms with Gasteiger partial charge in [0.15, 0.2) is 0 Å². The molecule has 2 aromatic heterocycles. The van der Waals surface area contributed by atoms with Crippen LogP contribution in [0.1, 0.15) is 32.2 Å². The highest BCUT2D eigenvalue weighted by atomic mass is 16.5. The van der Waals surface area contributed by atoms with Gasteiger partial charge in [0.25, 0.3) is 0 Å². The lowest BCUT2D eigenvalue weighted by atomic mass is 10.1. The standard InChI is InChI=1S/C22H31N5O5/c1-6-14-19(13-9-10-18(30-4)26-21(13)31-5)23-15(7-2)20(24-14)25-16-11-27(22(28)29)12-17(16)32-8-3/h9-10,16-17H,6-8,11-12H2,1-5H3,(H,24,25)(H,28,29)/t16-,17+/m1/s1. The molecule has 32 heavy (non-hydrogen) atoms. The molecule has 0 bridgehead atoms. The van der Waals surface area contributed by atoms with E-state index < -0.39 is 6.09 Å². The Morgan fingerprint density at radius 3 is 2.44 bits per heavy atom. The summed E-state index contributed by atoms with van der Waals surface area (Å²) in [5.41, 5.74) is 3.01. The van der Waals surface area contributed by atoms with Crippen LogP contribution in [0.4, 0.5) is 10.6 Å². The number of hydrogen-bond donors (Lipinski definition) is 2. The van der Waals surface area contributed by atoms with Gasteiger partial charge < -0.3 is 29.5 Å². The Balaban J connectivity index is 1.98. The summed E-state index contributed by atoms with van der Waals surface area (Å²) in [7, 11) is 3.11. The van der Waals surface area contributed by atoms with Crippen molar-refractivity contribution in [2.75, 3.05) is 39.2 Å². The van der Waals surface area contributed by atoms with Gasteiger partial charge in [0.2, 0.25) is 11.8 Å². The van der Waals surface area contributed by atoms with Crippen LogP contribution in [0.25, 0.3) is 11.3 Å². The summed E-state index contributed by atoms with van der Waals surface area (Å²) < 4.78 is 16.5. The van der Waals surface area contributed by atoms with Crippen LogP contribution in [0, 0.1) is 0 Å². The molecule has 3 rings (SSSR count). The largest absolute Gasteiger partial charge is 0.481 e. The van der Waals surface area contributed by atoms with Crippen LogP contribution in [-0.2, 0) is 17.6 Å². The van der Waals surface area contributed by atoms with Crippen molar-refractivity contribution in [2.24, 2.45) is 0 Å². The number of pyridine rings is 1. The van der Waals surface area contributed by atoms with E-state index >= 15 is 0 Å². The van der Waals surface area contributed by atoms with Crippen molar-refractivity contribution in [3.05, 3.63) is 23.5 Å². The molecule has 0 unspecified atom stereocenters. The van der Waals surface area contributed by atoms with Crippen molar-refractivity contribution in [1.82, 2.24) is 19.9 Å². The van der Waals surface area contributed by atoms with Crippen molar-refractivity contribution in [1.29, 1.82) is 0 Å². The van der Waals surface area contributed by atoms with Crippen molar-refractivity contribution < 1.29 is 24.1 Å². The van der Waals surface area contributed by atoms with Gasteiger partial charge in [-0.05, 0) is 25.8 Å². The lowest BCUT2D eigenvalue weighted by Crippen LogP contribution is -2.35. The van der Waals surface area contributed by atoms with Gasteiger partial charge in [0.05, 0.1) is 55.6 Å². The van der Waals surface area contributed by atoms with Crippen LogP contribution in [0.2, 0.25) is 0 Å². The summed E-state index contributed by atoms with van der Waals surface area (Å²) in [6.45, 7) is 7.07. The Labute approximate surface area is 187 Å². The van der Waals surface area contributed by atoms with Crippen molar-refractivity contribution in [2.45, 2.75) is 45.8 Å². The number of rotatable bonds is 9. The van der Waals surface area contributed by atoms with E-state index in [0.717, 1.165) is 17.0 Å². The number of nitrogens with one attached hydrogen (secondary N) is 1. The minimum atomic E-state index is -0.954.